The minimum atomic E-state index is -4.16. The Kier molecular flexibility index (Phi) is 5.32. The Morgan fingerprint density at radius 2 is 1.82 bits per heavy atom. The van der Waals surface area contributed by atoms with E-state index in [0.29, 0.717) is 37.8 Å². The molecule has 3 aliphatic rings. The smallest absolute Gasteiger partial charge is 0.342 e. The zero-order chi connectivity index (χ0) is 15.2. The minimum absolute atomic E-state index is 0. The van der Waals surface area contributed by atoms with Crippen LogP contribution in [0.2, 0.25) is 0 Å². The van der Waals surface area contributed by atoms with E-state index in [1.165, 1.54) is 0 Å². The van der Waals surface area contributed by atoms with Crippen molar-refractivity contribution in [2.75, 3.05) is 13.1 Å². The molecule has 0 aromatic rings. The number of amides is 1. The van der Waals surface area contributed by atoms with Crippen LogP contribution in [0.25, 0.3) is 0 Å². The maximum atomic E-state index is 12.9. The highest BCUT2D eigenvalue weighted by atomic mass is 35.5. The number of likely N-dealkylation sites (tertiary alicyclic amines) is 1. The number of rotatable bonds is 1. The quantitative estimate of drug-likeness (QED) is 0.797. The molecule has 3 rings (SSSR count). The zero-order valence-corrected chi connectivity index (χ0v) is 13.3. The molecule has 0 aromatic heterocycles. The number of halogens is 4. The van der Waals surface area contributed by atoms with Crippen LogP contribution in [0.3, 0.4) is 0 Å². The van der Waals surface area contributed by atoms with E-state index >= 15 is 0 Å². The molecule has 5 atom stereocenters. The van der Waals surface area contributed by atoms with Gasteiger partial charge >= 0.3 is 6.18 Å². The van der Waals surface area contributed by atoms with Crippen LogP contribution in [0, 0.1) is 23.7 Å². The summed E-state index contributed by atoms with van der Waals surface area (Å²) in [7, 11) is 0. The Morgan fingerprint density at radius 1 is 1.09 bits per heavy atom. The first-order valence-corrected chi connectivity index (χ1v) is 7.97. The van der Waals surface area contributed by atoms with Gasteiger partial charge in [-0.25, -0.2) is 0 Å². The second-order valence-corrected chi connectivity index (χ2v) is 7.01. The molecule has 2 saturated carbocycles. The van der Waals surface area contributed by atoms with Gasteiger partial charge in [0.05, 0.1) is 5.92 Å². The normalized spacial score (nSPS) is 38.5. The average Bonchev–Trinajstić information content (AvgIpc) is 3.00. The van der Waals surface area contributed by atoms with Crippen LogP contribution in [0.1, 0.15) is 38.5 Å². The molecular formula is C15H24ClF3N2O. The SMILES string of the molecule is Cl.NC1CCC2CN(C(=O)C3CCCC(C(F)(F)F)C3)CC12. The van der Waals surface area contributed by atoms with Gasteiger partial charge in [0, 0.05) is 25.0 Å². The lowest BCUT2D eigenvalue weighted by molar-refractivity contribution is -0.187. The van der Waals surface area contributed by atoms with E-state index in [1.54, 1.807) is 4.90 Å². The summed E-state index contributed by atoms with van der Waals surface area (Å²) in [6.07, 6.45) is -0.862. The van der Waals surface area contributed by atoms with Crippen molar-refractivity contribution < 1.29 is 18.0 Å². The van der Waals surface area contributed by atoms with E-state index < -0.39 is 18.0 Å². The first-order chi connectivity index (χ1) is 9.86. The number of nitrogens with two attached hydrogens (primary N) is 1. The lowest BCUT2D eigenvalue weighted by Crippen LogP contribution is -2.40. The molecule has 1 aliphatic heterocycles. The van der Waals surface area contributed by atoms with Gasteiger partial charge in [0.1, 0.15) is 0 Å². The second kappa shape index (κ2) is 6.56. The van der Waals surface area contributed by atoms with Gasteiger partial charge in [0.25, 0.3) is 0 Å². The number of alkyl halides is 3. The molecule has 0 radical (unpaired) electrons. The molecule has 2 aliphatic carbocycles. The Bertz CT molecular complexity index is 418. The molecule has 5 unspecified atom stereocenters. The third kappa shape index (κ3) is 3.37. The molecule has 7 heteroatoms. The zero-order valence-electron chi connectivity index (χ0n) is 12.5. The van der Waals surface area contributed by atoms with E-state index in [2.05, 4.69) is 0 Å². The summed E-state index contributed by atoms with van der Waals surface area (Å²) in [5, 5.41) is 0. The highest BCUT2D eigenvalue weighted by Crippen LogP contribution is 2.42. The van der Waals surface area contributed by atoms with Crippen LogP contribution < -0.4 is 5.73 Å². The molecule has 1 saturated heterocycles. The molecule has 0 spiro atoms. The van der Waals surface area contributed by atoms with Crippen molar-refractivity contribution in [1.29, 1.82) is 0 Å². The number of carbonyl (C=O) groups excluding carboxylic acids is 1. The Hall–Kier alpha value is -0.490. The second-order valence-electron chi connectivity index (χ2n) is 7.01. The first-order valence-electron chi connectivity index (χ1n) is 7.97. The lowest BCUT2D eigenvalue weighted by Gasteiger charge is -2.32. The van der Waals surface area contributed by atoms with Gasteiger partial charge < -0.3 is 10.6 Å². The van der Waals surface area contributed by atoms with Crippen LogP contribution in [-0.2, 0) is 4.79 Å². The van der Waals surface area contributed by atoms with E-state index in [9.17, 15) is 18.0 Å². The summed E-state index contributed by atoms with van der Waals surface area (Å²) in [5.41, 5.74) is 6.05. The molecule has 1 heterocycles. The van der Waals surface area contributed by atoms with Gasteiger partial charge in [-0.3, -0.25) is 4.79 Å². The Morgan fingerprint density at radius 3 is 2.45 bits per heavy atom. The topological polar surface area (TPSA) is 46.3 Å². The van der Waals surface area contributed by atoms with Crippen LogP contribution in [0.15, 0.2) is 0 Å². The third-order valence-electron chi connectivity index (χ3n) is 5.71. The fraction of sp³-hybridized carbons (Fsp3) is 0.933. The van der Waals surface area contributed by atoms with E-state index in [1.807, 2.05) is 0 Å². The molecule has 3 nitrogen and oxygen atoms in total. The lowest BCUT2D eigenvalue weighted by atomic mass is 9.80. The largest absolute Gasteiger partial charge is 0.391 e. The van der Waals surface area contributed by atoms with Crippen LogP contribution in [-0.4, -0.2) is 36.1 Å². The maximum Gasteiger partial charge on any atom is 0.391 e. The highest BCUT2D eigenvalue weighted by molar-refractivity contribution is 5.85. The summed E-state index contributed by atoms with van der Waals surface area (Å²) in [6, 6.07) is 0.155. The van der Waals surface area contributed by atoms with Crippen molar-refractivity contribution in [3.05, 3.63) is 0 Å². The van der Waals surface area contributed by atoms with Crippen molar-refractivity contribution in [3.8, 4) is 0 Å². The third-order valence-corrected chi connectivity index (χ3v) is 5.71. The maximum absolute atomic E-state index is 12.9. The van der Waals surface area contributed by atoms with Crippen LogP contribution in [0.4, 0.5) is 13.2 Å². The predicted octanol–water partition coefficient (Wildman–Crippen LogP) is 2.97. The van der Waals surface area contributed by atoms with Gasteiger partial charge in [-0.1, -0.05) is 6.42 Å². The van der Waals surface area contributed by atoms with Gasteiger partial charge in [0.2, 0.25) is 5.91 Å². The van der Waals surface area contributed by atoms with Crippen LogP contribution >= 0.6 is 12.4 Å². The fourth-order valence-electron chi connectivity index (χ4n) is 4.46. The number of fused-ring (bicyclic) bond motifs is 1. The Balaban J connectivity index is 0.00000176. The van der Waals surface area contributed by atoms with Crippen molar-refractivity contribution in [3.63, 3.8) is 0 Å². The van der Waals surface area contributed by atoms with Crippen molar-refractivity contribution in [1.82, 2.24) is 4.90 Å². The number of hydrogen-bond acceptors (Lipinski definition) is 2. The van der Waals surface area contributed by atoms with E-state index in [0.717, 1.165) is 12.8 Å². The molecule has 22 heavy (non-hydrogen) atoms. The van der Waals surface area contributed by atoms with Gasteiger partial charge in [0.15, 0.2) is 0 Å². The van der Waals surface area contributed by atoms with Gasteiger partial charge in [-0.05, 0) is 43.9 Å². The summed E-state index contributed by atoms with van der Waals surface area (Å²) in [6.45, 7) is 1.35. The van der Waals surface area contributed by atoms with E-state index in [4.69, 9.17) is 5.73 Å². The number of carbonyl (C=O) groups is 1. The van der Waals surface area contributed by atoms with Crippen molar-refractivity contribution in [2.24, 2.45) is 29.4 Å². The van der Waals surface area contributed by atoms with Gasteiger partial charge in [-0.2, -0.15) is 13.2 Å². The molecule has 0 aromatic carbocycles. The van der Waals surface area contributed by atoms with Crippen molar-refractivity contribution >= 4 is 18.3 Å². The summed E-state index contributed by atoms with van der Waals surface area (Å²) >= 11 is 0. The fourth-order valence-corrected chi connectivity index (χ4v) is 4.46. The summed E-state index contributed by atoms with van der Waals surface area (Å²) in [4.78, 5) is 14.3. The van der Waals surface area contributed by atoms with Crippen LogP contribution in [0.5, 0.6) is 0 Å². The molecule has 3 fully saturated rings. The number of hydrogen-bond donors (Lipinski definition) is 1. The molecule has 128 valence electrons. The highest BCUT2D eigenvalue weighted by Gasteiger charge is 2.47. The first kappa shape index (κ1) is 17.9. The van der Waals surface area contributed by atoms with Gasteiger partial charge in [-0.15, -0.1) is 12.4 Å². The summed E-state index contributed by atoms with van der Waals surface area (Å²) in [5.74, 6) is -0.988. The van der Waals surface area contributed by atoms with E-state index in [-0.39, 0.29) is 37.2 Å². The molecule has 2 N–H and O–H groups in total. The predicted molar refractivity (Wildman–Crippen MR) is 79.5 cm³/mol. The Labute approximate surface area is 135 Å². The monoisotopic (exact) mass is 340 g/mol. The minimum Gasteiger partial charge on any atom is -0.342 e. The average molecular weight is 341 g/mol. The summed E-state index contributed by atoms with van der Waals surface area (Å²) < 4.78 is 38.6. The molecule has 0 bridgehead atoms. The standard InChI is InChI=1S/C15H23F3N2O.ClH/c16-15(17,18)11-3-1-2-9(6-11)14(21)20-7-10-4-5-13(19)12(10)8-20;/h9-13H,1-8,19H2;1H. The number of nitrogens with zero attached hydrogens (tertiary/aromatic N) is 1. The van der Waals surface area contributed by atoms with Crippen molar-refractivity contribution in [2.45, 2.75) is 50.7 Å². The molecule has 1 amide bonds. The molecular weight excluding hydrogens is 317 g/mol.